The number of carbonyl (C=O) groups excluding carboxylic acids is 1. The average molecular weight is 388 g/mol. The third-order valence-electron chi connectivity index (χ3n) is 2.54. The van der Waals surface area contributed by atoms with Crippen LogP contribution < -0.4 is 0 Å². The second-order valence-corrected chi connectivity index (χ2v) is 5.99. The van der Waals surface area contributed by atoms with Gasteiger partial charge in [-0.1, -0.05) is 61.7 Å². The standard InChI is InChI=1S/C14H9Br2ClO/c15-10-5-6-11(12(16)8-10)14(18)7-9-3-1-2-4-13(9)17/h1-6,8H,7H2. The third-order valence-corrected chi connectivity index (χ3v) is 4.06. The van der Waals surface area contributed by atoms with E-state index in [0.29, 0.717) is 17.0 Å². The minimum absolute atomic E-state index is 0.0440. The second-order valence-electron chi connectivity index (χ2n) is 3.82. The number of halogens is 3. The molecule has 0 fully saturated rings. The molecule has 0 atom stereocenters. The lowest BCUT2D eigenvalue weighted by atomic mass is 10.0. The summed E-state index contributed by atoms with van der Waals surface area (Å²) >= 11 is 12.8. The monoisotopic (exact) mass is 386 g/mol. The van der Waals surface area contributed by atoms with Gasteiger partial charge in [-0.15, -0.1) is 0 Å². The molecule has 4 heteroatoms. The van der Waals surface area contributed by atoms with Crippen molar-refractivity contribution in [3.63, 3.8) is 0 Å². The van der Waals surface area contributed by atoms with E-state index in [1.54, 1.807) is 12.1 Å². The predicted molar refractivity (Wildman–Crippen MR) is 81.3 cm³/mol. The molecule has 0 bridgehead atoms. The van der Waals surface area contributed by atoms with Gasteiger partial charge < -0.3 is 0 Å². The van der Waals surface area contributed by atoms with Crippen LogP contribution in [-0.2, 0) is 6.42 Å². The van der Waals surface area contributed by atoms with Crippen LogP contribution in [-0.4, -0.2) is 5.78 Å². The summed E-state index contributed by atoms with van der Waals surface area (Å²) < 4.78 is 1.72. The molecule has 2 aromatic carbocycles. The van der Waals surface area contributed by atoms with Crippen molar-refractivity contribution in [2.24, 2.45) is 0 Å². The molecule has 0 N–H and O–H groups in total. The Kier molecular flexibility index (Phi) is 4.60. The molecule has 0 aliphatic carbocycles. The van der Waals surface area contributed by atoms with Gasteiger partial charge in [0.2, 0.25) is 0 Å². The predicted octanol–water partition coefficient (Wildman–Crippen LogP) is 5.29. The normalized spacial score (nSPS) is 10.4. The summed E-state index contributed by atoms with van der Waals surface area (Å²) in [5.74, 6) is 0.0440. The summed E-state index contributed by atoms with van der Waals surface area (Å²) in [5.41, 5.74) is 1.51. The van der Waals surface area contributed by atoms with Gasteiger partial charge in [-0.25, -0.2) is 0 Å². The molecule has 1 nitrogen and oxygen atoms in total. The van der Waals surface area contributed by atoms with E-state index in [9.17, 15) is 4.79 Å². The first-order valence-electron chi connectivity index (χ1n) is 5.29. The Hall–Kier alpha value is -0.640. The van der Waals surface area contributed by atoms with Crippen LogP contribution in [0.2, 0.25) is 5.02 Å². The van der Waals surface area contributed by atoms with Gasteiger partial charge in [-0.3, -0.25) is 4.79 Å². The molecular formula is C14H9Br2ClO. The zero-order chi connectivity index (χ0) is 13.1. The van der Waals surface area contributed by atoms with Crippen molar-refractivity contribution >= 4 is 49.2 Å². The highest BCUT2D eigenvalue weighted by Crippen LogP contribution is 2.24. The van der Waals surface area contributed by atoms with Crippen molar-refractivity contribution < 1.29 is 4.79 Å². The zero-order valence-electron chi connectivity index (χ0n) is 9.29. The fourth-order valence-electron chi connectivity index (χ4n) is 1.63. The van der Waals surface area contributed by atoms with E-state index in [-0.39, 0.29) is 5.78 Å². The number of carbonyl (C=O) groups is 1. The number of hydrogen-bond acceptors (Lipinski definition) is 1. The molecule has 2 rings (SSSR count). The number of hydrogen-bond donors (Lipinski definition) is 0. The zero-order valence-corrected chi connectivity index (χ0v) is 13.2. The number of ketones is 1. The summed E-state index contributed by atoms with van der Waals surface area (Å²) in [5, 5.41) is 0.624. The van der Waals surface area contributed by atoms with Gasteiger partial charge >= 0.3 is 0 Å². The van der Waals surface area contributed by atoms with Crippen molar-refractivity contribution in [2.45, 2.75) is 6.42 Å². The molecule has 18 heavy (non-hydrogen) atoms. The highest BCUT2D eigenvalue weighted by atomic mass is 79.9. The van der Waals surface area contributed by atoms with E-state index >= 15 is 0 Å². The summed E-state index contributed by atoms with van der Waals surface area (Å²) in [6.07, 6.45) is 0.305. The van der Waals surface area contributed by atoms with Gasteiger partial charge in [0.1, 0.15) is 0 Å². The number of benzene rings is 2. The van der Waals surface area contributed by atoms with Crippen LogP contribution in [0.15, 0.2) is 51.4 Å². The fraction of sp³-hybridized carbons (Fsp3) is 0.0714. The van der Waals surface area contributed by atoms with Crippen molar-refractivity contribution in [2.75, 3.05) is 0 Å². The summed E-state index contributed by atoms with van der Waals surface area (Å²) in [7, 11) is 0. The summed E-state index contributed by atoms with van der Waals surface area (Å²) in [6, 6.07) is 12.9. The molecule has 0 aliphatic heterocycles. The van der Waals surface area contributed by atoms with E-state index in [2.05, 4.69) is 31.9 Å². The molecule has 0 amide bonds. The topological polar surface area (TPSA) is 17.1 Å². The molecule has 0 saturated heterocycles. The van der Waals surface area contributed by atoms with Crippen LogP contribution in [0.25, 0.3) is 0 Å². The Morgan fingerprint density at radius 3 is 2.50 bits per heavy atom. The molecule has 0 heterocycles. The van der Waals surface area contributed by atoms with Crippen LogP contribution in [0, 0.1) is 0 Å². The van der Waals surface area contributed by atoms with Crippen LogP contribution in [0.3, 0.4) is 0 Å². The van der Waals surface area contributed by atoms with E-state index in [1.165, 1.54) is 0 Å². The number of Topliss-reactive ketones (excluding diaryl/α,β-unsaturated/α-hetero) is 1. The molecule has 0 aliphatic rings. The first kappa shape index (κ1) is 13.8. The quantitative estimate of drug-likeness (QED) is 0.653. The molecular weight excluding hydrogens is 379 g/mol. The first-order valence-corrected chi connectivity index (χ1v) is 7.26. The molecule has 0 unspecified atom stereocenters. The van der Waals surface area contributed by atoms with Crippen molar-refractivity contribution in [1.82, 2.24) is 0 Å². The lowest BCUT2D eigenvalue weighted by Gasteiger charge is -2.06. The van der Waals surface area contributed by atoms with Crippen LogP contribution in [0.5, 0.6) is 0 Å². The van der Waals surface area contributed by atoms with Crippen molar-refractivity contribution in [1.29, 1.82) is 0 Å². The Balaban J connectivity index is 2.25. The maximum atomic E-state index is 12.2. The van der Waals surface area contributed by atoms with Crippen molar-refractivity contribution in [3.05, 3.63) is 67.6 Å². The maximum Gasteiger partial charge on any atom is 0.168 e. The van der Waals surface area contributed by atoms with Crippen LogP contribution in [0.1, 0.15) is 15.9 Å². The van der Waals surface area contributed by atoms with Crippen molar-refractivity contribution in [3.8, 4) is 0 Å². The summed E-state index contributed by atoms with van der Waals surface area (Å²) in [6.45, 7) is 0. The minimum Gasteiger partial charge on any atom is -0.294 e. The largest absolute Gasteiger partial charge is 0.294 e. The molecule has 0 aromatic heterocycles. The minimum atomic E-state index is 0.0440. The fourth-order valence-corrected chi connectivity index (χ4v) is 3.10. The molecule has 0 spiro atoms. The summed E-state index contributed by atoms with van der Waals surface area (Å²) in [4.78, 5) is 12.2. The van der Waals surface area contributed by atoms with Gasteiger partial charge in [0.05, 0.1) is 0 Å². The van der Waals surface area contributed by atoms with Gasteiger partial charge in [0.25, 0.3) is 0 Å². The van der Waals surface area contributed by atoms with Gasteiger partial charge in [-0.05, 0) is 29.8 Å². The maximum absolute atomic E-state index is 12.2. The number of rotatable bonds is 3. The molecule has 0 radical (unpaired) electrons. The van der Waals surface area contributed by atoms with E-state index in [0.717, 1.165) is 14.5 Å². The Labute approximate surface area is 127 Å². The van der Waals surface area contributed by atoms with E-state index in [4.69, 9.17) is 11.6 Å². The smallest absolute Gasteiger partial charge is 0.168 e. The Bertz CT molecular complexity index is 596. The molecule has 2 aromatic rings. The Morgan fingerprint density at radius 1 is 1.11 bits per heavy atom. The van der Waals surface area contributed by atoms with E-state index < -0.39 is 0 Å². The Morgan fingerprint density at radius 2 is 1.83 bits per heavy atom. The van der Waals surface area contributed by atoms with Gasteiger partial charge in [0.15, 0.2) is 5.78 Å². The van der Waals surface area contributed by atoms with Crippen LogP contribution >= 0.6 is 43.5 Å². The second kappa shape index (κ2) is 6.00. The average Bonchev–Trinajstić information content (AvgIpc) is 2.32. The van der Waals surface area contributed by atoms with Gasteiger partial charge in [0, 0.05) is 26.0 Å². The lowest BCUT2D eigenvalue weighted by molar-refractivity contribution is 0.0992. The SMILES string of the molecule is O=C(Cc1ccccc1Cl)c1ccc(Br)cc1Br. The highest BCUT2D eigenvalue weighted by molar-refractivity contribution is 9.11. The third kappa shape index (κ3) is 3.22. The first-order chi connectivity index (χ1) is 8.58. The molecule has 92 valence electrons. The highest BCUT2D eigenvalue weighted by Gasteiger charge is 2.12. The van der Waals surface area contributed by atoms with Gasteiger partial charge in [-0.2, -0.15) is 0 Å². The molecule has 0 saturated carbocycles. The van der Waals surface area contributed by atoms with E-state index in [1.807, 2.05) is 30.3 Å². The van der Waals surface area contributed by atoms with Crippen LogP contribution in [0.4, 0.5) is 0 Å². The lowest BCUT2D eigenvalue weighted by Crippen LogP contribution is -2.04.